The lowest BCUT2D eigenvalue weighted by Crippen LogP contribution is -2.33. The van der Waals surface area contributed by atoms with Gasteiger partial charge in [0, 0.05) is 24.0 Å². The smallest absolute Gasteiger partial charge is 0.119 e. The van der Waals surface area contributed by atoms with Crippen LogP contribution in [0.3, 0.4) is 0 Å². The topological polar surface area (TPSA) is 37.6 Å². The summed E-state index contributed by atoms with van der Waals surface area (Å²) in [6, 6.07) is 24.6. The summed E-state index contributed by atoms with van der Waals surface area (Å²) in [4.78, 5) is 2.50. The molecule has 3 aromatic carbocycles. The van der Waals surface area contributed by atoms with E-state index in [1.54, 1.807) is 12.1 Å². The van der Waals surface area contributed by atoms with Crippen molar-refractivity contribution in [3.63, 3.8) is 0 Å². The molecule has 2 heterocycles. The molecule has 0 unspecified atom stereocenters. The van der Waals surface area contributed by atoms with E-state index in [9.17, 15) is 5.11 Å². The number of likely N-dealkylation sites (tertiary alicyclic amines) is 1. The first-order chi connectivity index (χ1) is 16.2. The molecule has 0 amide bonds. The van der Waals surface area contributed by atoms with Crippen LogP contribution in [0.25, 0.3) is 22.2 Å². The number of phenolic OH excluding ortho intramolecular Hbond substituents is 1. The molecule has 0 spiro atoms. The van der Waals surface area contributed by atoms with E-state index in [2.05, 4.69) is 64.9 Å². The molecule has 1 aliphatic heterocycles. The van der Waals surface area contributed by atoms with Gasteiger partial charge < -0.3 is 14.4 Å². The van der Waals surface area contributed by atoms with E-state index in [0.29, 0.717) is 0 Å². The molecular weight excluding hydrogens is 479 g/mol. The number of hydrogen-bond acceptors (Lipinski definition) is 3. The SMILES string of the molecule is Cc1c(-c2ccc(O)cc2)n(Cc2ccc(OCCN3CCCCC3)cc2)c2ccccc12.Cl.Cl. The number of piperidine rings is 1. The maximum atomic E-state index is 9.76. The van der Waals surface area contributed by atoms with E-state index in [1.165, 1.54) is 60.1 Å². The molecule has 0 bridgehead atoms. The van der Waals surface area contributed by atoms with Crippen molar-refractivity contribution in [2.75, 3.05) is 26.2 Å². The minimum absolute atomic E-state index is 0. The molecule has 1 aromatic heterocycles. The fourth-order valence-electron chi connectivity index (χ4n) is 4.98. The summed E-state index contributed by atoms with van der Waals surface area (Å²) in [6.45, 7) is 7.11. The molecule has 1 aliphatic rings. The third-order valence-electron chi connectivity index (χ3n) is 6.75. The van der Waals surface area contributed by atoms with Crippen LogP contribution in [0, 0.1) is 6.92 Å². The van der Waals surface area contributed by atoms with Crippen molar-refractivity contribution in [2.24, 2.45) is 0 Å². The van der Waals surface area contributed by atoms with Crippen LogP contribution in [0.15, 0.2) is 72.8 Å². The minimum Gasteiger partial charge on any atom is -0.508 e. The summed E-state index contributed by atoms with van der Waals surface area (Å²) in [5, 5.41) is 11.0. The average molecular weight is 514 g/mol. The number of rotatable bonds is 7. The second-order valence-corrected chi connectivity index (χ2v) is 9.02. The predicted molar refractivity (Wildman–Crippen MR) is 150 cm³/mol. The fraction of sp³-hybridized carbons (Fsp3) is 0.310. The van der Waals surface area contributed by atoms with Gasteiger partial charge in [-0.15, -0.1) is 24.8 Å². The first kappa shape index (κ1) is 26.9. The van der Waals surface area contributed by atoms with Crippen LogP contribution in [0.2, 0.25) is 0 Å². The van der Waals surface area contributed by atoms with Crippen LogP contribution in [0.5, 0.6) is 11.5 Å². The lowest BCUT2D eigenvalue weighted by molar-refractivity contribution is 0.183. The Balaban J connectivity index is 0.00000171. The Kier molecular flexibility index (Phi) is 9.50. The van der Waals surface area contributed by atoms with Gasteiger partial charge in [0.25, 0.3) is 0 Å². The highest BCUT2D eigenvalue weighted by atomic mass is 35.5. The molecular formula is C29H34Cl2N2O2. The molecule has 4 nitrogen and oxygen atoms in total. The summed E-state index contributed by atoms with van der Waals surface area (Å²) < 4.78 is 8.40. The normalized spacial score (nSPS) is 13.7. The molecule has 4 aromatic rings. The molecule has 6 heteroatoms. The summed E-state index contributed by atoms with van der Waals surface area (Å²) in [5.74, 6) is 1.22. The standard InChI is InChI=1S/C29H32N2O2.2ClH/c1-22-27-7-3-4-8-28(27)31(29(22)24-11-13-25(32)14-12-24)21-23-9-15-26(16-10-23)33-20-19-30-17-5-2-6-18-30;;/h3-4,7-16,32H,2,5-6,17-21H2,1H3;2*1H. The molecule has 0 atom stereocenters. The van der Waals surface area contributed by atoms with Crippen molar-refractivity contribution in [1.29, 1.82) is 0 Å². The van der Waals surface area contributed by atoms with E-state index in [0.717, 1.165) is 31.0 Å². The summed E-state index contributed by atoms with van der Waals surface area (Å²) >= 11 is 0. The zero-order valence-electron chi connectivity index (χ0n) is 20.2. The lowest BCUT2D eigenvalue weighted by Gasteiger charge is -2.26. The molecule has 1 fully saturated rings. The Morgan fingerprint density at radius 3 is 2.23 bits per heavy atom. The Labute approximate surface area is 220 Å². The highest BCUT2D eigenvalue weighted by Crippen LogP contribution is 2.34. The maximum Gasteiger partial charge on any atom is 0.119 e. The number of nitrogens with zero attached hydrogens (tertiary/aromatic N) is 2. The zero-order valence-corrected chi connectivity index (χ0v) is 21.8. The van der Waals surface area contributed by atoms with Gasteiger partial charge in [0.15, 0.2) is 0 Å². The van der Waals surface area contributed by atoms with Crippen LogP contribution in [-0.4, -0.2) is 40.8 Å². The maximum absolute atomic E-state index is 9.76. The number of ether oxygens (including phenoxy) is 1. The largest absolute Gasteiger partial charge is 0.508 e. The molecule has 0 saturated carbocycles. The van der Waals surface area contributed by atoms with Crippen molar-refractivity contribution in [1.82, 2.24) is 9.47 Å². The number of aryl methyl sites for hydroxylation is 1. The third-order valence-corrected chi connectivity index (χ3v) is 6.75. The van der Waals surface area contributed by atoms with E-state index in [-0.39, 0.29) is 30.6 Å². The number of halogens is 2. The van der Waals surface area contributed by atoms with Crippen LogP contribution >= 0.6 is 24.8 Å². The van der Waals surface area contributed by atoms with Gasteiger partial charge in [-0.1, -0.05) is 36.8 Å². The van der Waals surface area contributed by atoms with Gasteiger partial charge in [-0.25, -0.2) is 0 Å². The third kappa shape index (κ3) is 6.13. The molecule has 0 aliphatic carbocycles. The van der Waals surface area contributed by atoms with Crippen LogP contribution in [0.4, 0.5) is 0 Å². The number of phenols is 1. The quantitative estimate of drug-likeness (QED) is 0.287. The Morgan fingerprint density at radius 2 is 1.51 bits per heavy atom. The molecule has 0 radical (unpaired) electrons. The molecule has 5 rings (SSSR count). The zero-order chi connectivity index (χ0) is 22.6. The second kappa shape index (κ2) is 12.3. The fourth-order valence-corrected chi connectivity index (χ4v) is 4.98. The monoisotopic (exact) mass is 512 g/mol. The molecule has 1 saturated heterocycles. The van der Waals surface area contributed by atoms with Gasteiger partial charge in [-0.3, -0.25) is 4.90 Å². The van der Waals surface area contributed by atoms with Crippen molar-refractivity contribution in [3.8, 4) is 22.8 Å². The number of benzene rings is 3. The van der Waals surface area contributed by atoms with Gasteiger partial charge in [0.2, 0.25) is 0 Å². The Morgan fingerprint density at radius 1 is 0.829 bits per heavy atom. The van der Waals surface area contributed by atoms with Crippen LogP contribution in [0.1, 0.15) is 30.4 Å². The van der Waals surface area contributed by atoms with E-state index < -0.39 is 0 Å². The highest BCUT2D eigenvalue weighted by molar-refractivity contribution is 5.91. The molecule has 1 N–H and O–H groups in total. The van der Waals surface area contributed by atoms with Gasteiger partial charge >= 0.3 is 0 Å². The first-order valence-electron chi connectivity index (χ1n) is 12.0. The second-order valence-electron chi connectivity index (χ2n) is 9.02. The van der Waals surface area contributed by atoms with Crippen molar-refractivity contribution >= 4 is 35.7 Å². The Bertz CT molecular complexity index is 1210. The van der Waals surface area contributed by atoms with Gasteiger partial charge in [-0.2, -0.15) is 0 Å². The summed E-state index contributed by atoms with van der Waals surface area (Å²) in [6.07, 6.45) is 3.99. The minimum atomic E-state index is 0. The molecule has 35 heavy (non-hydrogen) atoms. The predicted octanol–water partition coefficient (Wildman–Crippen LogP) is 7.08. The van der Waals surface area contributed by atoms with Gasteiger partial charge in [-0.05, 0) is 92.0 Å². The van der Waals surface area contributed by atoms with E-state index in [4.69, 9.17) is 4.74 Å². The van der Waals surface area contributed by atoms with Gasteiger partial charge in [0.05, 0.1) is 5.69 Å². The molecule has 186 valence electrons. The highest BCUT2D eigenvalue weighted by Gasteiger charge is 2.16. The number of hydrogen-bond donors (Lipinski definition) is 1. The van der Waals surface area contributed by atoms with E-state index >= 15 is 0 Å². The number of fused-ring (bicyclic) bond motifs is 1. The van der Waals surface area contributed by atoms with Crippen LogP contribution in [-0.2, 0) is 6.54 Å². The lowest BCUT2D eigenvalue weighted by atomic mass is 10.1. The number of aromatic nitrogens is 1. The van der Waals surface area contributed by atoms with Crippen molar-refractivity contribution in [2.45, 2.75) is 32.7 Å². The summed E-state index contributed by atoms with van der Waals surface area (Å²) in [5.41, 5.74) is 6.02. The average Bonchev–Trinajstić information content (AvgIpc) is 3.13. The van der Waals surface area contributed by atoms with Gasteiger partial charge in [0.1, 0.15) is 18.1 Å². The van der Waals surface area contributed by atoms with Crippen LogP contribution < -0.4 is 4.74 Å². The Hall–Kier alpha value is -2.66. The first-order valence-corrected chi connectivity index (χ1v) is 12.0. The van der Waals surface area contributed by atoms with E-state index in [1.807, 2.05) is 12.1 Å². The van der Waals surface area contributed by atoms with Crippen molar-refractivity contribution in [3.05, 3.63) is 83.9 Å². The summed E-state index contributed by atoms with van der Waals surface area (Å²) in [7, 11) is 0. The van der Waals surface area contributed by atoms with Crippen molar-refractivity contribution < 1.29 is 9.84 Å². The number of para-hydroxylation sites is 1. The number of aromatic hydroxyl groups is 1.